The molecule has 0 aliphatic heterocycles. The molecule has 0 aromatic carbocycles. The van der Waals surface area contributed by atoms with Gasteiger partial charge in [-0.25, -0.2) is 0 Å². The number of carboxylic acid groups (broad SMARTS) is 1. The van der Waals surface area contributed by atoms with Crippen LogP contribution in [0.25, 0.3) is 0 Å². The van der Waals surface area contributed by atoms with E-state index in [1.54, 1.807) is 0 Å². The Labute approximate surface area is 170 Å². The van der Waals surface area contributed by atoms with Crippen LogP contribution in [-0.4, -0.2) is 56.4 Å². The predicted molar refractivity (Wildman–Crippen MR) is 107 cm³/mol. The summed E-state index contributed by atoms with van der Waals surface area (Å²) < 4.78 is 22.0. The van der Waals surface area contributed by atoms with Crippen LogP contribution in [0.1, 0.15) is 84.5 Å². The van der Waals surface area contributed by atoms with Crippen LogP contribution in [-0.2, 0) is 28.5 Å². The molecule has 166 valence electrons. The van der Waals surface area contributed by atoms with Crippen LogP contribution >= 0.6 is 0 Å². The molecule has 7 heteroatoms. The molecule has 0 spiro atoms. The summed E-state index contributed by atoms with van der Waals surface area (Å²) in [6, 6.07) is 0. The summed E-state index contributed by atoms with van der Waals surface area (Å²) in [5.41, 5.74) is 0. The number of rotatable bonds is 21. The molecule has 7 nitrogen and oxygen atoms in total. The molecule has 0 atom stereocenters. The van der Waals surface area contributed by atoms with E-state index in [4.69, 9.17) is 24.1 Å². The maximum Gasteiger partial charge on any atom is 0.305 e. The van der Waals surface area contributed by atoms with Crippen LogP contribution in [0.15, 0.2) is 0 Å². The highest BCUT2D eigenvalue weighted by Gasteiger charge is 2.10. The van der Waals surface area contributed by atoms with Crippen molar-refractivity contribution in [2.24, 2.45) is 0 Å². The lowest BCUT2D eigenvalue weighted by Gasteiger charge is -2.18. The Morgan fingerprint density at radius 3 is 1.89 bits per heavy atom. The zero-order valence-electron chi connectivity index (χ0n) is 17.8. The maximum absolute atomic E-state index is 11.7. The first-order valence-electron chi connectivity index (χ1n) is 10.8. The van der Waals surface area contributed by atoms with Crippen molar-refractivity contribution in [2.45, 2.75) is 90.8 Å². The number of hydrogen-bond donors (Lipinski definition) is 1. The number of hydrogen-bond acceptors (Lipinski definition) is 6. The normalized spacial score (nSPS) is 11.1. The van der Waals surface area contributed by atoms with Crippen molar-refractivity contribution < 1.29 is 33.6 Å². The molecule has 0 rings (SSSR count). The molecule has 0 bridgehead atoms. The van der Waals surface area contributed by atoms with E-state index in [0.29, 0.717) is 39.3 Å². The molecular weight excluding hydrogens is 364 g/mol. The summed E-state index contributed by atoms with van der Waals surface area (Å²) in [6.45, 7) is 6.42. The Hall–Kier alpha value is -1.18. The molecule has 0 heterocycles. The molecule has 0 unspecified atom stereocenters. The lowest BCUT2D eigenvalue weighted by Crippen LogP contribution is -2.25. The van der Waals surface area contributed by atoms with Gasteiger partial charge in [-0.05, 0) is 25.7 Å². The zero-order chi connectivity index (χ0) is 20.9. The predicted octanol–water partition coefficient (Wildman–Crippen LogP) is 4.32. The summed E-state index contributed by atoms with van der Waals surface area (Å²) in [5, 5.41) is 8.55. The molecule has 0 aromatic rings. The maximum atomic E-state index is 11.7. The van der Waals surface area contributed by atoms with E-state index in [1.165, 1.54) is 0 Å². The minimum atomic E-state index is -0.753. The molecule has 0 saturated carbocycles. The monoisotopic (exact) mass is 404 g/mol. The lowest BCUT2D eigenvalue weighted by molar-refractivity contribution is -0.176. The van der Waals surface area contributed by atoms with E-state index in [-0.39, 0.29) is 25.3 Å². The van der Waals surface area contributed by atoms with Gasteiger partial charge in [-0.2, -0.15) is 0 Å². The molecule has 0 aliphatic carbocycles. The second-order valence-electron chi connectivity index (χ2n) is 6.84. The standard InChI is InChI=1S/C21H40O7/c1-3-5-14-27-21(28-15-6-4-2)18-25-16-17-26-20(24)13-11-9-7-8-10-12-19(22)23/h21H,3-18H2,1-2H3,(H,22,23). The molecule has 28 heavy (non-hydrogen) atoms. The van der Waals surface area contributed by atoms with Gasteiger partial charge in [-0.15, -0.1) is 0 Å². The SMILES string of the molecule is CCCCOC(COCCOC(=O)CCCCCCCC(=O)O)OCCCC. The van der Waals surface area contributed by atoms with E-state index in [0.717, 1.165) is 51.4 Å². The number of ether oxygens (including phenoxy) is 4. The fraction of sp³-hybridized carbons (Fsp3) is 0.905. The van der Waals surface area contributed by atoms with Gasteiger partial charge in [0.15, 0.2) is 6.29 Å². The van der Waals surface area contributed by atoms with Gasteiger partial charge in [-0.1, -0.05) is 46.0 Å². The van der Waals surface area contributed by atoms with Crippen molar-refractivity contribution in [1.29, 1.82) is 0 Å². The van der Waals surface area contributed by atoms with Crippen molar-refractivity contribution in [1.82, 2.24) is 0 Å². The highest BCUT2D eigenvalue weighted by atomic mass is 16.7. The fourth-order valence-electron chi connectivity index (χ4n) is 2.40. The first-order valence-corrected chi connectivity index (χ1v) is 10.8. The molecule has 0 amide bonds. The van der Waals surface area contributed by atoms with Gasteiger partial charge in [0.25, 0.3) is 0 Å². The lowest BCUT2D eigenvalue weighted by atomic mass is 10.1. The summed E-state index contributed by atoms with van der Waals surface area (Å²) in [5.74, 6) is -0.971. The largest absolute Gasteiger partial charge is 0.481 e. The summed E-state index contributed by atoms with van der Waals surface area (Å²) in [4.78, 5) is 22.1. The van der Waals surface area contributed by atoms with E-state index in [2.05, 4.69) is 13.8 Å². The Morgan fingerprint density at radius 2 is 1.32 bits per heavy atom. The van der Waals surface area contributed by atoms with Crippen LogP contribution in [0, 0.1) is 0 Å². The minimum Gasteiger partial charge on any atom is -0.481 e. The number of unbranched alkanes of at least 4 members (excludes halogenated alkanes) is 6. The fourth-order valence-corrected chi connectivity index (χ4v) is 2.40. The Morgan fingerprint density at radius 1 is 0.750 bits per heavy atom. The van der Waals surface area contributed by atoms with Gasteiger partial charge >= 0.3 is 11.9 Å². The number of esters is 1. The third kappa shape index (κ3) is 19.6. The molecular formula is C21H40O7. The summed E-state index contributed by atoms with van der Waals surface area (Å²) >= 11 is 0. The molecule has 1 N–H and O–H groups in total. The first kappa shape index (κ1) is 26.8. The average Bonchev–Trinajstić information content (AvgIpc) is 2.66. The second-order valence-corrected chi connectivity index (χ2v) is 6.84. The summed E-state index contributed by atoms with van der Waals surface area (Å²) in [7, 11) is 0. The zero-order valence-corrected chi connectivity index (χ0v) is 17.8. The Balaban J connectivity index is 3.62. The average molecular weight is 405 g/mol. The van der Waals surface area contributed by atoms with Crippen LogP contribution in [0.3, 0.4) is 0 Å². The van der Waals surface area contributed by atoms with E-state index in [9.17, 15) is 9.59 Å². The number of carboxylic acids is 1. The number of carbonyl (C=O) groups excluding carboxylic acids is 1. The van der Waals surface area contributed by atoms with E-state index >= 15 is 0 Å². The summed E-state index contributed by atoms with van der Waals surface area (Å²) in [6.07, 6.45) is 8.58. The Kier molecular flexibility index (Phi) is 19.7. The Bertz CT molecular complexity index is 364. The van der Waals surface area contributed by atoms with Gasteiger partial charge in [0, 0.05) is 26.1 Å². The van der Waals surface area contributed by atoms with Crippen LogP contribution in [0.5, 0.6) is 0 Å². The van der Waals surface area contributed by atoms with Crippen molar-refractivity contribution in [2.75, 3.05) is 33.0 Å². The van der Waals surface area contributed by atoms with E-state index in [1.807, 2.05) is 0 Å². The van der Waals surface area contributed by atoms with Crippen molar-refractivity contribution in [3.05, 3.63) is 0 Å². The van der Waals surface area contributed by atoms with Crippen LogP contribution in [0.4, 0.5) is 0 Å². The van der Waals surface area contributed by atoms with Gasteiger partial charge in [0.1, 0.15) is 6.61 Å². The molecule has 0 saturated heterocycles. The molecule has 0 aliphatic rings. The van der Waals surface area contributed by atoms with Crippen molar-refractivity contribution in [3.63, 3.8) is 0 Å². The third-order valence-electron chi connectivity index (χ3n) is 4.12. The minimum absolute atomic E-state index is 0.218. The van der Waals surface area contributed by atoms with Gasteiger partial charge in [-0.3, -0.25) is 9.59 Å². The van der Waals surface area contributed by atoms with Gasteiger partial charge < -0.3 is 24.1 Å². The topological polar surface area (TPSA) is 91.3 Å². The van der Waals surface area contributed by atoms with E-state index < -0.39 is 5.97 Å². The quantitative estimate of drug-likeness (QED) is 0.173. The van der Waals surface area contributed by atoms with Crippen molar-refractivity contribution in [3.8, 4) is 0 Å². The number of aliphatic carboxylic acids is 1. The third-order valence-corrected chi connectivity index (χ3v) is 4.12. The molecule has 0 aromatic heterocycles. The second kappa shape index (κ2) is 20.6. The number of carbonyl (C=O) groups is 2. The van der Waals surface area contributed by atoms with Gasteiger partial charge in [0.05, 0.1) is 13.2 Å². The highest BCUT2D eigenvalue weighted by Crippen LogP contribution is 2.08. The van der Waals surface area contributed by atoms with Crippen LogP contribution in [0.2, 0.25) is 0 Å². The smallest absolute Gasteiger partial charge is 0.305 e. The highest BCUT2D eigenvalue weighted by molar-refractivity contribution is 5.69. The molecule has 0 fully saturated rings. The molecule has 0 radical (unpaired) electrons. The van der Waals surface area contributed by atoms with Gasteiger partial charge in [0.2, 0.25) is 0 Å². The first-order chi connectivity index (χ1) is 13.6. The van der Waals surface area contributed by atoms with Crippen molar-refractivity contribution >= 4 is 11.9 Å². The van der Waals surface area contributed by atoms with Crippen LogP contribution < -0.4 is 0 Å².